The Labute approximate surface area is 193 Å². The summed E-state index contributed by atoms with van der Waals surface area (Å²) >= 11 is 0. The van der Waals surface area contributed by atoms with Gasteiger partial charge in [-0.1, -0.05) is 27.7 Å². The first kappa shape index (κ1) is 23.1. The van der Waals surface area contributed by atoms with E-state index >= 15 is 0 Å². The van der Waals surface area contributed by atoms with Gasteiger partial charge in [0.05, 0.1) is 39.6 Å². The van der Waals surface area contributed by atoms with Crippen molar-refractivity contribution in [3.8, 4) is 11.5 Å². The van der Waals surface area contributed by atoms with E-state index < -0.39 is 0 Å². The van der Waals surface area contributed by atoms with E-state index in [0.717, 1.165) is 48.7 Å². The quantitative estimate of drug-likeness (QED) is 0.508. The summed E-state index contributed by atoms with van der Waals surface area (Å²) in [4.78, 5) is 0. The van der Waals surface area contributed by atoms with Crippen molar-refractivity contribution in [2.75, 3.05) is 27.4 Å². The second kappa shape index (κ2) is 8.39. The molecule has 0 radical (unpaired) electrons. The highest BCUT2D eigenvalue weighted by Crippen LogP contribution is 2.48. The number of methoxy groups -OCH3 is 2. The Kier molecular flexibility index (Phi) is 6.06. The second-order valence-corrected chi connectivity index (χ2v) is 10.9. The first-order valence-electron chi connectivity index (χ1n) is 11.7. The van der Waals surface area contributed by atoms with Crippen LogP contribution in [0.2, 0.25) is 0 Å². The van der Waals surface area contributed by atoms with Crippen LogP contribution in [0, 0.1) is 24.7 Å². The lowest BCUT2D eigenvalue weighted by Gasteiger charge is -2.45. The van der Waals surface area contributed by atoms with Crippen LogP contribution in [0.1, 0.15) is 73.3 Å². The van der Waals surface area contributed by atoms with Crippen molar-refractivity contribution in [3.63, 3.8) is 0 Å². The van der Waals surface area contributed by atoms with Crippen molar-refractivity contribution < 1.29 is 18.9 Å². The van der Waals surface area contributed by atoms with Gasteiger partial charge in [0.25, 0.3) is 0 Å². The molecule has 0 spiro atoms. The SMILES string of the molecule is COc1c(C)cc(C2OCC2(C)C)cc1CCc1cc(C2OCC2(C)C)cc(C)c1OC. The monoisotopic (exact) mass is 438 g/mol. The van der Waals surface area contributed by atoms with E-state index in [4.69, 9.17) is 18.9 Å². The number of ether oxygens (including phenoxy) is 4. The Balaban J connectivity index is 1.64. The van der Waals surface area contributed by atoms with E-state index in [2.05, 4.69) is 65.8 Å². The van der Waals surface area contributed by atoms with Crippen LogP contribution in [0.25, 0.3) is 0 Å². The molecule has 2 saturated heterocycles. The minimum absolute atomic E-state index is 0.143. The van der Waals surface area contributed by atoms with E-state index in [0.29, 0.717) is 0 Å². The van der Waals surface area contributed by atoms with Crippen molar-refractivity contribution in [1.82, 2.24) is 0 Å². The van der Waals surface area contributed by atoms with E-state index in [-0.39, 0.29) is 23.0 Å². The highest BCUT2D eigenvalue weighted by Gasteiger charge is 2.42. The number of hydrogen-bond acceptors (Lipinski definition) is 4. The van der Waals surface area contributed by atoms with E-state index in [9.17, 15) is 0 Å². The molecule has 4 heteroatoms. The molecule has 2 aromatic rings. The van der Waals surface area contributed by atoms with Crippen molar-refractivity contribution in [2.45, 2.75) is 66.6 Å². The molecule has 0 bridgehead atoms. The van der Waals surface area contributed by atoms with Crippen LogP contribution < -0.4 is 9.47 Å². The second-order valence-electron chi connectivity index (χ2n) is 10.9. The zero-order valence-corrected chi connectivity index (χ0v) is 20.9. The molecular weight excluding hydrogens is 400 g/mol. The number of benzene rings is 2. The zero-order valence-electron chi connectivity index (χ0n) is 20.9. The first-order chi connectivity index (χ1) is 15.1. The van der Waals surface area contributed by atoms with E-state index in [1.54, 1.807) is 14.2 Å². The lowest BCUT2D eigenvalue weighted by Crippen LogP contribution is -2.40. The average Bonchev–Trinajstić information content (AvgIpc) is 2.70. The van der Waals surface area contributed by atoms with Crippen molar-refractivity contribution in [1.29, 1.82) is 0 Å². The summed E-state index contributed by atoms with van der Waals surface area (Å²) in [6.45, 7) is 14.9. The molecular formula is C28H38O4. The summed E-state index contributed by atoms with van der Waals surface area (Å²) in [5.41, 5.74) is 7.59. The van der Waals surface area contributed by atoms with Crippen LogP contribution >= 0.6 is 0 Å². The lowest BCUT2D eigenvalue weighted by atomic mass is 9.77. The number of rotatable bonds is 7. The highest BCUT2D eigenvalue weighted by molar-refractivity contribution is 5.48. The van der Waals surface area contributed by atoms with Crippen molar-refractivity contribution >= 4 is 0 Å². The predicted octanol–water partition coefficient (Wildman–Crippen LogP) is 6.30. The molecule has 2 atom stereocenters. The standard InChI is InChI=1S/C28H38O4/c1-17-11-21(25-27(3,4)15-31-25)13-19(23(17)29-7)9-10-20-14-22(12-18(2)24(20)30-8)26-28(5,6)16-32-26/h11-14,25-26H,9-10,15-16H2,1-8H3. The van der Waals surface area contributed by atoms with Crippen LogP contribution in [-0.4, -0.2) is 27.4 Å². The van der Waals surface area contributed by atoms with Crippen LogP contribution in [0.15, 0.2) is 24.3 Å². The lowest BCUT2D eigenvalue weighted by molar-refractivity contribution is -0.172. The molecule has 2 aromatic carbocycles. The largest absolute Gasteiger partial charge is 0.496 e. The molecule has 2 fully saturated rings. The van der Waals surface area contributed by atoms with Gasteiger partial charge in [0, 0.05) is 10.8 Å². The van der Waals surface area contributed by atoms with Gasteiger partial charge in [-0.3, -0.25) is 0 Å². The summed E-state index contributed by atoms with van der Waals surface area (Å²) in [6.07, 6.45) is 2.03. The maximum absolute atomic E-state index is 5.94. The van der Waals surface area contributed by atoms with Crippen molar-refractivity contribution in [3.05, 3.63) is 57.6 Å². The molecule has 4 rings (SSSR count). The van der Waals surface area contributed by atoms with Crippen LogP contribution in [0.3, 0.4) is 0 Å². The van der Waals surface area contributed by atoms with Gasteiger partial charge in [0.15, 0.2) is 0 Å². The topological polar surface area (TPSA) is 36.9 Å². The third-order valence-electron chi connectivity index (χ3n) is 7.09. The third-order valence-corrected chi connectivity index (χ3v) is 7.09. The molecule has 2 aliphatic rings. The zero-order chi connectivity index (χ0) is 23.3. The summed E-state index contributed by atoms with van der Waals surface area (Å²) in [5, 5.41) is 0. The molecule has 0 aliphatic carbocycles. The minimum Gasteiger partial charge on any atom is -0.496 e. The van der Waals surface area contributed by atoms with Gasteiger partial charge in [-0.2, -0.15) is 0 Å². The van der Waals surface area contributed by atoms with E-state index in [1.807, 2.05) is 0 Å². The summed E-state index contributed by atoms with van der Waals surface area (Å²) in [6, 6.07) is 8.99. The summed E-state index contributed by atoms with van der Waals surface area (Å²) in [5.74, 6) is 1.95. The maximum atomic E-state index is 5.94. The smallest absolute Gasteiger partial charge is 0.124 e. The van der Waals surface area contributed by atoms with Crippen LogP contribution in [-0.2, 0) is 22.3 Å². The predicted molar refractivity (Wildman–Crippen MR) is 128 cm³/mol. The van der Waals surface area contributed by atoms with Gasteiger partial charge in [0.2, 0.25) is 0 Å². The maximum Gasteiger partial charge on any atom is 0.124 e. The molecule has 0 N–H and O–H groups in total. The van der Waals surface area contributed by atoms with Gasteiger partial charge >= 0.3 is 0 Å². The molecule has 2 unspecified atom stereocenters. The van der Waals surface area contributed by atoms with Gasteiger partial charge in [-0.15, -0.1) is 0 Å². The normalized spacial score (nSPS) is 23.2. The molecule has 2 aliphatic heterocycles. The van der Waals surface area contributed by atoms with Gasteiger partial charge in [0.1, 0.15) is 11.5 Å². The molecule has 0 amide bonds. The Bertz CT molecular complexity index is 923. The van der Waals surface area contributed by atoms with Gasteiger partial charge in [-0.05, 0) is 84.3 Å². The van der Waals surface area contributed by atoms with Crippen LogP contribution in [0.5, 0.6) is 11.5 Å². The Morgan fingerprint density at radius 2 is 1.09 bits per heavy atom. The molecule has 174 valence electrons. The molecule has 4 nitrogen and oxygen atoms in total. The fourth-order valence-corrected chi connectivity index (χ4v) is 5.38. The third kappa shape index (κ3) is 4.04. The molecule has 0 saturated carbocycles. The Hall–Kier alpha value is -2.04. The molecule has 0 aromatic heterocycles. The average molecular weight is 439 g/mol. The highest BCUT2D eigenvalue weighted by atomic mass is 16.5. The van der Waals surface area contributed by atoms with Crippen molar-refractivity contribution in [2.24, 2.45) is 10.8 Å². The summed E-state index contributed by atoms with van der Waals surface area (Å²) in [7, 11) is 3.52. The van der Waals surface area contributed by atoms with Crippen LogP contribution in [0.4, 0.5) is 0 Å². The minimum atomic E-state index is 0.143. The molecule has 2 heterocycles. The first-order valence-corrected chi connectivity index (χ1v) is 11.7. The van der Waals surface area contributed by atoms with Gasteiger partial charge < -0.3 is 18.9 Å². The Morgan fingerprint density at radius 1 is 0.719 bits per heavy atom. The molecule has 32 heavy (non-hydrogen) atoms. The number of hydrogen-bond donors (Lipinski definition) is 0. The fraction of sp³-hybridized carbons (Fsp3) is 0.571. The number of aryl methyl sites for hydroxylation is 4. The fourth-order valence-electron chi connectivity index (χ4n) is 5.38. The van der Waals surface area contributed by atoms with E-state index in [1.165, 1.54) is 22.3 Å². The summed E-state index contributed by atoms with van der Waals surface area (Å²) < 4.78 is 23.5. The van der Waals surface area contributed by atoms with Gasteiger partial charge in [-0.25, -0.2) is 0 Å². The Morgan fingerprint density at radius 3 is 1.34 bits per heavy atom.